The SMILES string of the molecule is OC1Oc2cc(OCc3ccccc3)ccc2N1CCCCN1CCN(c2ccc(F)cc2)CC1. The summed E-state index contributed by atoms with van der Waals surface area (Å²) >= 11 is 0. The number of hydrogen-bond acceptors (Lipinski definition) is 6. The summed E-state index contributed by atoms with van der Waals surface area (Å²) in [7, 11) is 0. The number of anilines is 2. The van der Waals surface area contributed by atoms with Crippen molar-refractivity contribution >= 4 is 11.4 Å². The molecule has 5 rings (SSSR count). The van der Waals surface area contributed by atoms with Crippen molar-refractivity contribution in [3.8, 4) is 11.5 Å². The lowest BCUT2D eigenvalue weighted by Crippen LogP contribution is -2.46. The zero-order valence-corrected chi connectivity index (χ0v) is 19.9. The van der Waals surface area contributed by atoms with Gasteiger partial charge in [0, 0.05) is 44.5 Å². The molecule has 2 heterocycles. The normalized spacial score (nSPS) is 17.8. The fourth-order valence-corrected chi connectivity index (χ4v) is 4.68. The fraction of sp³-hybridized carbons (Fsp3) is 0.357. The van der Waals surface area contributed by atoms with Gasteiger partial charge < -0.3 is 24.4 Å². The molecule has 1 fully saturated rings. The highest BCUT2D eigenvalue weighted by atomic mass is 19.1. The molecular formula is C28H32FN3O3. The number of aliphatic hydroxyl groups is 1. The number of rotatable bonds is 9. The van der Waals surface area contributed by atoms with Gasteiger partial charge in [-0.3, -0.25) is 4.90 Å². The van der Waals surface area contributed by atoms with Gasteiger partial charge in [0.25, 0.3) is 6.41 Å². The highest BCUT2D eigenvalue weighted by molar-refractivity contribution is 5.64. The smallest absolute Gasteiger partial charge is 0.281 e. The van der Waals surface area contributed by atoms with Gasteiger partial charge in [-0.05, 0) is 61.3 Å². The lowest BCUT2D eigenvalue weighted by atomic mass is 10.2. The van der Waals surface area contributed by atoms with Crippen molar-refractivity contribution in [3.05, 3.63) is 84.2 Å². The average molecular weight is 478 g/mol. The predicted octanol–water partition coefficient (Wildman–Crippen LogP) is 4.48. The van der Waals surface area contributed by atoms with E-state index in [9.17, 15) is 9.50 Å². The van der Waals surface area contributed by atoms with E-state index >= 15 is 0 Å². The van der Waals surface area contributed by atoms with Crippen molar-refractivity contribution in [1.29, 1.82) is 0 Å². The summed E-state index contributed by atoms with van der Waals surface area (Å²) in [5.41, 5.74) is 3.09. The number of piperazine rings is 1. The van der Waals surface area contributed by atoms with E-state index in [0.29, 0.717) is 12.4 Å². The summed E-state index contributed by atoms with van der Waals surface area (Å²) in [6.45, 7) is 6.15. The third-order valence-corrected chi connectivity index (χ3v) is 6.68. The number of halogens is 1. The minimum absolute atomic E-state index is 0.194. The van der Waals surface area contributed by atoms with Gasteiger partial charge in [0.05, 0.1) is 5.69 Å². The minimum atomic E-state index is -0.964. The molecule has 1 atom stereocenters. The summed E-state index contributed by atoms with van der Waals surface area (Å²) < 4.78 is 24.7. The second kappa shape index (κ2) is 11.0. The Hall–Kier alpha value is -3.29. The van der Waals surface area contributed by atoms with Gasteiger partial charge in [-0.1, -0.05) is 30.3 Å². The standard InChI is InChI=1S/C28H32FN3O3/c29-23-8-10-24(11-9-23)31-18-16-30(17-19-31)14-4-5-15-32-26-13-12-25(20-27(26)35-28(32)33)34-21-22-6-2-1-3-7-22/h1-3,6-13,20,28,33H,4-5,14-19,21H2. The van der Waals surface area contributed by atoms with Crippen LogP contribution in [0.4, 0.5) is 15.8 Å². The van der Waals surface area contributed by atoms with Crippen LogP contribution < -0.4 is 19.3 Å². The molecule has 0 aromatic heterocycles. The second-order valence-corrected chi connectivity index (χ2v) is 9.05. The van der Waals surface area contributed by atoms with E-state index in [0.717, 1.165) is 74.8 Å². The number of unbranched alkanes of at least 4 members (excludes halogenated alkanes) is 1. The van der Waals surface area contributed by atoms with Crippen LogP contribution in [0.5, 0.6) is 11.5 Å². The highest BCUT2D eigenvalue weighted by Gasteiger charge is 2.29. The van der Waals surface area contributed by atoms with Crippen molar-refractivity contribution < 1.29 is 19.0 Å². The van der Waals surface area contributed by atoms with Crippen molar-refractivity contribution in [1.82, 2.24) is 4.90 Å². The Labute approximate surface area is 206 Å². The van der Waals surface area contributed by atoms with Crippen LogP contribution in [0.25, 0.3) is 0 Å². The molecule has 3 aromatic rings. The van der Waals surface area contributed by atoms with Crippen LogP contribution in [0.1, 0.15) is 18.4 Å². The third kappa shape index (κ3) is 5.86. The molecule has 0 bridgehead atoms. The summed E-state index contributed by atoms with van der Waals surface area (Å²) in [5, 5.41) is 10.4. The van der Waals surface area contributed by atoms with Crippen LogP contribution in [-0.2, 0) is 6.61 Å². The zero-order chi connectivity index (χ0) is 24.0. The van der Waals surface area contributed by atoms with E-state index in [1.54, 1.807) is 0 Å². The van der Waals surface area contributed by atoms with Gasteiger partial charge in [-0.25, -0.2) is 4.39 Å². The first-order valence-corrected chi connectivity index (χ1v) is 12.3. The third-order valence-electron chi connectivity index (χ3n) is 6.68. The molecule has 1 unspecified atom stereocenters. The quantitative estimate of drug-likeness (QED) is 0.459. The number of fused-ring (bicyclic) bond motifs is 1. The predicted molar refractivity (Wildman–Crippen MR) is 135 cm³/mol. The van der Waals surface area contributed by atoms with Gasteiger partial charge in [-0.2, -0.15) is 0 Å². The molecule has 2 aliphatic rings. The fourth-order valence-electron chi connectivity index (χ4n) is 4.68. The van der Waals surface area contributed by atoms with Crippen LogP contribution in [-0.4, -0.2) is 55.7 Å². The first-order chi connectivity index (χ1) is 17.2. The molecule has 1 N–H and O–H groups in total. The summed E-state index contributed by atoms with van der Waals surface area (Å²) in [6, 6.07) is 22.5. The average Bonchev–Trinajstić information content (AvgIpc) is 3.21. The molecule has 3 aromatic carbocycles. The van der Waals surface area contributed by atoms with Crippen molar-refractivity contribution in [2.45, 2.75) is 25.9 Å². The molecule has 0 radical (unpaired) electrons. The van der Waals surface area contributed by atoms with E-state index in [-0.39, 0.29) is 5.82 Å². The molecule has 1 saturated heterocycles. The molecule has 6 nitrogen and oxygen atoms in total. The Balaban J connectivity index is 1.05. The van der Waals surface area contributed by atoms with E-state index in [2.05, 4.69) is 9.80 Å². The van der Waals surface area contributed by atoms with Gasteiger partial charge in [0.2, 0.25) is 0 Å². The number of nitrogens with zero attached hydrogens (tertiary/aromatic N) is 3. The maximum atomic E-state index is 13.2. The number of benzene rings is 3. The van der Waals surface area contributed by atoms with Crippen molar-refractivity contribution in [2.24, 2.45) is 0 Å². The van der Waals surface area contributed by atoms with Crippen molar-refractivity contribution in [3.63, 3.8) is 0 Å². The molecule has 2 aliphatic heterocycles. The van der Waals surface area contributed by atoms with Crippen LogP contribution in [0.3, 0.4) is 0 Å². The summed E-state index contributed by atoms with van der Waals surface area (Å²) in [6.07, 6.45) is 1.05. The van der Waals surface area contributed by atoms with Crippen molar-refractivity contribution in [2.75, 3.05) is 49.1 Å². The first kappa shape index (κ1) is 23.5. The number of aliphatic hydroxyl groups excluding tert-OH is 1. The first-order valence-electron chi connectivity index (χ1n) is 12.3. The Kier molecular flexibility index (Phi) is 7.35. The van der Waals surface area contributed by atoms with Crippen LogP contribution in [0.2, 0.25) is 0 Å². The monoisotopic (exact) mass is 477 g/mol. The minimum Gasteiger partial charge on any atom is -0.489 e. The second-order valence-electron chi connectivity index (χ2n) is 9.05. The Bertz CT molecular complexity index is 1090. The number of hydrogen-bond donors (Lipinski definition) is 1. The maximum absolute atomic E-state index is 13.2. The molecular weight excluding hydrogens is 445 g/mol. The van der Waals surface area contributed by atoms with E-state index in [4.69, 9.17) is 9.47 Å². The largest absolute Gasteiger partial charge is 0.489 e. The molecule has 184 valence electrons. The topological polar surface area (TPSA) is 48.4 Å². The summed E-state index contributed by atoms with van der Waals surface area (Å²) in [4.78, 5) is 6.69. The maximum Gasteiger partial charge on any atom is 0.281 e. The van der Waals surface area contributed by atoms with Gasteiger partial charge in [-0.15, -0.1) is 0 Å². The molecule has 0 aliphatic carbocycles. The highest BCUT2D eigenvalue weighted by Crippen LogP contribution is 2.39. The Morgan fingerprint density at radius 1 is 0.886 bits per heavy atom. The van der Waals surface area contributed by atoms with Gasteiger partial charge in [0.15, 0.2) is 5.75 Å². The van der Waals surface area contributed by atoms with E-state index in [1.807, 2.05) is 65.6 Å². The molecule has 0 amide bonds. The van der Waals surface area contributed by atoms with Crippen LogP contribution in [0.15, 0.2) is 72.8 Å². The van der Waals surface area contributed by atoms with Gasteiger partial charge in [0.1, 0.15) is 18.2 Å². The van der Waals surface area contributed by atoms with Crippen LogP contribution in [0, 0.1) is 5.82 Å². The van der Waals surface area contributed by atoms with E-state index in [1.165, 1.54) is 12.1 Å². The lowest BCUT2D eigenvalue weighted by molar-refractivity contribution is -0.00296. The molecule has 7 heteroatoms. The Morgan fingerprint density at radius 2 is 1.63 bits per heavy atom. The van der Waals surface area contributed by atoms with E-state index < -0.39 is 6.41 Å². The molecule has 35 heavy (non-hydrogen) atoms. The Morgan fingerprint density at radius 3 is 2.40 bits per heavy atom. The number of ether oxygens (including phenoxy) is 2. The molecule has 0 saturated carbocycles. The zero-order valence-electron chi connectivity index (χ0n) is 19.9. The van der Waals surface area contributed by atoms with Gasteiger partial charge >= 0.3 is 0 Å². The molecule has 0 spiro atoms. The summed E-state index contributed by atoms with van der Waals surface area (Å²) in [5.74, 6) is 1.18. The lowest BCUT2D eigenvalue weighted by Gasteiger charge is -2.36. The van der Waals surface area contributed by atoms with Crippen LogP contribution >= 0.6 is 0 Å².